The number of hydrogen-bond acceptors (Lipinski definition) is 1. The SMILES string of the molecule is CCCNC(CCC)C(C(F)(F)F)C(F)(F)F. The molecule has 0 radical (unpaired) electrons. The van der Waals surface area contributed by atoms with Crippen LogP contribution in [0.15, 0.2) is 0 Å². The van der Waals surface area contributed by atoms with E-state index in [0.29, 0.717) is 6.42 Å². The fourth-order valence-corrected chi connectivity index (χ4v) is 1.67. The van der Waals surface area contributed by atoms with E-state index in [2.05, 4.69) is 5.32 Å². The van der Waals surface area contributed by atoms with Crippen molar-refractivity contribution in [3.05, 3.63) is 0 Å². The second kappa shape index (κ2) is 6.47. The normalized spacial score (nSPS) is 15.4. The first-order chi connectivity index (χ1) is 7.64. The van der Waals surface area contributed by atoms with E-state index < -0.39 is 24.3 Å². The molecule has 0 fully saturated rings. The van der Waals surface area contributed by atoms with Crippen LogP contribution in [0.25, 0.3) is 0 Å². The monoisotopic (exact) mass is 265 g/mol. The van der Waals surface area contributed by atoms with Crippen LogP contribution in [-0.4, -0.2) is 24.9 Å². The Kier molecular flexibility index (Phi) is 6.29. The molecule has 0 aliphatic rings. The first-order valence-electron chi connectivity index (χ1n) is 5.51. The van der Waals surface area contributed by atoms with Gasteiger partial charge in [-0.1, -0.05) is 20.3 Å². The number of hydrogen-bond donors (Lipinski definition) is 1. The van der Waals surface area contributed by atoms with Crippen molar-refractivity contribution in [2.45, 2.75) is 51.5 Å². The molecule has 0 aliphatic carbocycles. The van der Waals surface area contributed by atoms with Gasteiger partial charge in [0.2, 0.25) is 0 Å². The summed E-state index contributed by atoms with van der Waals surface area (Å²) in [4.78, 5) is 0. The van der Waals surface area contributed by atoms with Crippen LogP contribution in [-0.2, 0) is 0 Å². The van der Waals surface area contributed by atoms with E-state index in [1.165, 1.54) is 0 Å². The molecule has 0 saturated heterocycles. The highest BCUT2D eigenvalue weighted by Crippen LogP contribution is 2.42. The molecule has 0 aromatic rings. The Balaban J connectivity index is 4.94. The zero-order valence-electron chi connectivity index (χ0n) is 9.75. The third kappa shape index (κ3) is 5.61. The van der Waals surface area contributed by atoms with E-state index >= 15 is 0 Å². The second-order valence-corrected chi connectivity index (χ2v) is 3.91. The minimum absolute atomic E-state index is 0.146. The van der Waals surface area contributed by atoms with Crippen molar-refractivity contribution in [2.24, 2.45) is 5.92 Å². The Morgan fingerprint density at radius 1 is 0.882 bits per heavy atom. The van der Waals surface area contributed by atoms with Crippen molar-refractivity contribution in [3.8, 4) is 0 Å². The molecular formula is C10H17F6N. The molecule has 0 saturated carbocycles. The summed E-state index contributed by atoms with van der Waals surface area (Å²) in [5.41, 5.74) is 0. The molecule has 0 aromatic carbocycles. The Bertz CT molecular complexity index is 196. The first kappa shape index (κ1) is 16.5. The van der Waals surface area contributed by atoms with Crippen LogP contribution in [0.1, 0.15) is 33.1 Å². The van der Waals surface area contributed by atoms with Crippen LogP contribution in [0, 0.1) is 5.92 Å². The molecule has 0 amide bonds. The molecule has 17 heavy (non-hydrogen) atoms. The summed E-state index contributed by atoms with van der Waals surface area (Å²) in [5.74, 6) is -3.29. The Hall–Kier alpha value is -0.460. The molecule has 7 heteroatoms. The van der Waals surface area contributed by atoms with E-state index in [1.807, 2.05) is 0 Å². The summed E-state index contributed by atoms with van der Waals surface area (Å²) in [7, 11) is 0. The van der Waals surface area contributed by atoms with Crippen molar-refractivity contribution in [1.82, 2.24) is 5.32 Å². The Labute approximate surface area is 96.6 Å². The van der Waals surface area contributed by atoms with Crippen LogP contribution >= 0.6 is 0 Å². The fraction of sp³-hybridized carbons (Fsp3) is 1.00. The zero-order chi connectivity index (χ0) is 13.7. The maximum Gasteiger partial charge on any atom is 0.401 e. The average Bonchev–Trinajstić information content (AvgIpc) is 2.09. The van der Waals surface area contributed by atoms with Gasteiger partial charge in [0.25, 0.3) is 0 Å². The van der Waals surface area contributed by atoms with Gasteiger partial charge in [-0.2, -0.15) is 26.3 Å². The molecular weight excluding hydrogens is 248 g/mol. The van der Waals surface area contributed by atoms with Gasteiger partial charge in [-0.05, 0) is 19.4 Å². The number of alkyl halides is 6. The summed E-state index contributed by atoms with van der Waals surface area (Å²) in [6.45, 7) is 3.39. The van der Waals surface area contributed by atoms with Crippen LogP contribution in [0.5, 0.6) is 0 Å². The molecule has 1 atom stereocenters. The predicted molar refractivity (Wildman–Crippen MR) is 52.6 cm³/mol. The molecule has 0 aliphatic heterocycles. The van der Waals surface area contributed by atoms with E-state index in [9.17, 15) is 26.3 Å². The average molecular weight is 265 g/mol. The quantitative estimate of drug-likeness (QED) is 0.718. The fourth-order valence-electron chi connectivity index (χ4n) is 1.67. The van der Waals surface area contributed by atoms with Crippen LogP contribution in [0.4, 0.5) is 26.3 Å². The number of nitrogens with one attached hydrogen (secondary N) is 1. The first-order valence-corrected chi connectivity index (χ1v) is 5.51. The highest BCUT2D eigenvalue weighted by Gasteiger charge is 2.59. The maximum atomic E-state index is 12.5. The van der Waals surface area contributed by atoms with Crippen molar-refractivity contribution < 1.29 is 26.3 Å². The van der Waals surface area contributed by atoms with Gasteiger partial charge in [0.15, 0.2) is 5.92 Å². The molecule has 1 unspecified atom stereocenters. The van der Waals surface area contributed by atoms with Gasteiger partial charge in [-0.25, -0.2) is 0 Å². The standard InChI is InChI=1S/C10H17F6N/c1-3-5-7(17-6-4-2)8(9(11,12)13)10(14,15)16/h7-8,17H,3-6H2,1-2H3. The van der Waals surface area contributed by atoms with Gasteiger partial charge in [0.05, 0.1) is 0 Å². The molecule has 0 aromatic heterocycles. The van der Waals surface area contributed by atoms with Gasteiger partial charge in [-0.15, -0.1) is 0 Å². The zero-order valence-corrected chi connectivity index (χ0v) is 9.75. The summed E-state index contributed by atoms with van der Waals surface area (Å²) >= 11 is 0. The number of halogens is 6. The van der Waals surface area contributed by atoms with Crippen molar-refractivity contribution in [2.75, 3.05) is 6.54 Å². The topological polar surface area (TPSA) is 12.0 Å². The van der Waals surface area contributed by atoms with E-state index in [4.69, 9.17) is 0 Å². The maximum absolute atomic E-state index is 12.5. The molecule has 1 N–H and O–H groups in total. The Morgan fingerprint density at radius 3 is 1.65 bits per heavy atom. The lowest BCUT2D eigenvalue weighted by Crippen LogP contribution is -2.51. The smallest absolute Gasteiger partial charge is 0.313 e. The van der Waals surface area contributed by atoms with Crippen molar-refractivity contribution in [1.29, 1.82) is 0 Å². The van der Waals surface area contributed by atoms with E-state index in [-0.39, 0.29) is 19.4 Å². The van der Waals surface area contributed by atoms with Gasteiger partial charge in [-0.3, -0.25) is 0 Å². The van der Waals surface area contributed by atoms with E-state index in [1.54, 1.807) is 13.8 Å². The molecule has 0 rings (SSSR count). The highest BCUT2D eigenvalue weighted by molar-refractivity contribution is 4.86. The molecule has 104 valence electrons. The van der Waals surface area contributed by atoms with Crippen molar-refractivity contribution in [3.63, 3.8) is 0 Å². The van der Waals surface area contributed by atoms with Gasteiger partial charge < -0.3 is 5.32 Å². The number of rotatable bonds is 6. The van der Waals surface area contributed by atoms with Crippen molar-refractivity contribution >= 4 is 0 Å². The third-order valence-corrected chi connectivity index (χ3v) is 2.36. The minimum Gasteiger partial charge on any atom is -0.313 e. The Morgan fingerprint density at radius 2 is 1.35 bits per heavy atom. The van der Waals surface area contributed by atoms with Gasteiger partial charge in [0, 0.05) is 6.04 Å². The molecule has 0 heterocycles. The van der Waals surface area contributed by atoms with Crippen LogP contribution in [0.2, 0.25) is 0 Å². The van der Waals surface area contributed by atoms with Gasteiger partial charge in [0.1, 0.15) is 0 Å². The van der Waals surface area contributed by atoms with E-state index in [0.717, 1.165) is 0 Å². The lowest BCUT2D eigenvalue weighted by Gasteiger charge is -2.31. The third-order valence-electron chi connectivity index (χ3n) is 2.36. The predicted octanol–water partition coefficient (Wildman–Crippen LogP) is 3.90. The summed E-state index contributed by atoms with van der Waals surface area (Å²) in [5, 5.41) is 2.34. The minimum atomic E-state index is -5.27. The summed E-state index contributed by atoms with van der Waals surface area (Å²) < 4.78 is 74.7. The van der Waals surface area contributed by atoms with Crippen LogP contribution in [0.3, 0.4) is 0 Å². The van der Waals surface area contributed by atoms with Crippen LogP contribution < -0.4 is 5.32 Å². The lowest BCUT2D eigenvalue weighted by atomic mass is 9.94. The second-order valence-electron chi connectivity index (χ2n) is 3.91. The highest BCUT2D eigenvalue weighted by atomic mass is 19.4. The summed E-state index contributed by atoms with van der Waals surface area (Å²) in [6, 6.07) is -1.60. The largest absolute Gasteiger partial charge is 0.401 e. The molecule has 1 nitrogen and oxygen atoms in total. The molecule has 0 spiro atoms. The molecule has 0 bridgehead atoms. The van der Waals surface area contributed by atoms with Gasteiger partial charge >= 0.3 is 12.4 Å². The lowest BCUT2D eigenvalue weighted by molar-refractivity contribution is -0.292. The summed E-state index contributed by atoms with van der Waals surface area (Å²) in [6.07, 6.45) is -9.92.